The predicted octanol–water partition coefficient (Wildman–Crippen LogP) is 3.12. The topological polar surface area (TPSA) is 57.5 Å². The quantitative estimate of drug-likeness (QED) is 0.287. The van der Waals surface area contributed by atoms with E-state index in [0.29, 0.717) is 6.54 Å². The van der Waals surface area contributed by atoms with Crippen molar-refractivity contribution in [3.8, 4) is 0 Å². The number of aromatic nitrogens is 2. The molecule has 1 aromatic carbocycles. The van der Waals surface area contributed by atoms with Gasteiger partial charge in [0, 0.05) is 20.6 Å². The van der Waals surface area contributed by atoms with Gasteiger partial charge in [0.2, 0.25) is 0 Å². The van der Waals surface area contributed by atoms with Crippen LogP contribution in [0.25, 0.3) is 11.0 Å². The Hall–Kier alpha value is -1.35. The number of hydrogen-bond donors (Lipinski definition) is 2. The number of likely N-dealkylation sites (tertiary alicyclic amines) is 1. The summed E-state index contributed by atoms with van der Waals surface area (Å²) in [5, 5.41) is 6.80. The van der Waals surface area contributed by atoms with Gasteiger partial charge < -0.3 is 20.1 Å². The van der Waals surface area contributed by atoms with Gasteiger partial charge in [0.15, 0.2) is 5.96 Å². The molecule has 2 N–H and O–H groups in total. The maximum absolute atomic E-state index is 4.70. The summed E-state index contributed by atoms with van der Waals surface area (Å²) in [7, 11) is 3.88. The highest BCUT2D eigenvalue weighted by molar-refractivity contribution is 14.0. The zero-order valence-electron chi connectivity index (χ0n) is 16.6. The number of aryl methyl sites for hydroxylation is 1. The molecule has 1 fully saturated rings. The summed E-state index contributed by atoms with van der Waals surface area (Å²) in [6.07, 6.45) is 6.65. The van der Waals surface area contributed by atoms with E-state index >= 15 is 0 Å². The Labute approximate surface area is 179 Å². The molecule has 6 nitrogen and oxygen atoms in total. The molecule has 7 heteroatoms. The van der Waals surface area contributed by atoms with Crippen molar-refractivity contribution >= 4 is 41.0 Å². The predicted molar refractivity (Wildman–Crippen MR) is 124 cm³/mol. The van der Waals surface area contributed by atoms with Crippen LogP contribution in [0.2, 0.25) is 0 Å². The highest BCUT2D eigenvalue weighted by Crippen LogP contribution is 2.13. The van der Waals surface area contributed by atoms with Crippen LogP contribution in [-0.2, 0) is 13.6 Å². The average molecular weight is 484 g/mol. The van der Waals surface area contributed by atoms with Crippen molar-refractivity contribution in [2.24, 2.45) is 12.0 Å². The first-order valence-electron chi connectivity index (χ1n) is 9.85. The molecule has 27 heavy (non-hydrogen) atoms. The Kier molecular flexibility index (Phi) is 9.33. The van der Waals surface area contributed by atoms with E-state index in [1.54, 1.807) is 0 Å². The van der Waals surface area contributed by atoms with Crippen LogP contribution in [0.4, 0.5) is 0 Å². The number of aliphatic imine (C=N–C) groups is 1. The minimum atomic E-state index is 0. The van der Waals surface area contributed by atoms with Gasteiger partial charge >= 0.3 is 0 Å². The Balaban J connectivity index is 0.00000261. The third kappa shape index (κ3) is 6.34. The number of nitrogens with zero attached hydrogens (tertiary/aromatic N) is 4. The number of imidazole rings is 1. The lowest BCUT2D eigenvalue weighted by atomic mass is 10.2. The second-order valence-electron chi connectivity index (χ2n) is 7.04. The minimum Gasteiger partial charge on any atom is -0.356 e. The van der Waals surface area contributed by atoms with Gasteiger partial charge in [0.05, 0.1) is 17.6 Å². The van der Waals surface area contributed by atoms with Gasteiger partial charge in [-0.15, -0.1) is 24.0 Å². The van der Waals surface area contributed by atoms with Crippen LogP contribution in [0.15, 0.2) is 29.3 Å². The fourth-order valence-corrected chi connectivity index (χ4v) is 3.61. The van der Waals surface area contributed by atoms with E-state index in [9.17, 15) is 0 Å². The summed E-state index contributed by atoms with van der Waals surface area (Å²) < 4.78 is 2.13. The van der Waals surface area contributed by atoms with E-state index < -0.39 is 0 Å². The van der Waals surface area contributed by atoms with E-state index in [4.69, 9.17) is 4.98 Å². The molecule has 1 aliphatic rings. The molecule has 1 aromatic heterocycles. The first-order chi connectivity index (χ1) is 12.8. The van der Waals surface area contributed by atoms with Crippen molar-refractivity contribution < 1.29 is 0 Å². The molecule has 2 heterocycles. The molecule has 0 bridgehead atoms. The van der Waals surface area contributed by atoms with Gasteiger partial charge in [0.25, 0.3) is 0 Å². The second kappa shape index (κ2) is 11.5. The van der Waals surface area contributed by atoms with Crippen molar-refractivity contribution in [1.29, 1.82) is 0 Å². The van der Waals surface area contributed by atoms with Gasteiger partial charge in [-0.2, -0.15) is 0 Å². The molecule has 150 valence electrons. The van der Waals surface area contributed by atoms with Crippen LogP contribution in [0.3, 0.4) is 0 Å². The number of hydrogen-bond acceptors (Lipinski definition) is 3. The summed E-state index contributed by atoms with van der Waals surface area (Å²) in [5.74, 6) is 1.85. The summed E-state index contributed by atoms with van der Waals surface area (Å²) in [4.78, 5) is 11.6. The van der Waals surface area contributed by atoms with E-state index in [0.717, 1.165) is 35.8 Å². The lowest BCUT2D eigenvalue weighted by Crippen LogP contribution is -2.39. The molecule has 1 saturated heterocycles. The van der Waals surface area contributed by atoms with E-state index in [2.05, 4.69) is 44.3 Å². The van der Waals surface area contributed by atoms with Crippen molar-refractivity contribution in [3.05, 3.63) is 30.1 Å². The van der Waals surface area contributed by atoms with Gasteiger partial charge in [-0.1, -0.05) is 25.0 Å². The van der Waals surface area contributed by atoms with Crippen LogP contribution < -0.4 is 10.6 Å². The summed E-state index contributed by atoms with van der Waals surface area (Å²) in [5.41, 5.74) is 2.19. The molecule has 0 spiro atoms. The van der Waals surface area contributed by atoms with E-state index in [-0.39, 0.29) is 24.0 Å². The average Bonchev–Trinajstić information content (AvgIpc) is 2.84. The zero-order valence-corrected chi connectivity index (χ0v) is 18.9. The SMILES string of the molecule is CN=C(NCCCN1CCCCCC1)NCc1nc2ccccc2n1C.I. The van der Waals surface area contributed by atoms with Gasteiger partial charge in [-0.3, -0.25) is 4.99 Å². The van der Waals surface area contributed by atoms with Gasteiger partial charge in [-0.05, 0) is 51.0 Å². The minimum absolute atomic E-state index is 0. The van der Waals surface area contributed by atoms with Crippen molar-refractivity contribution in [1.82, 2.24) is 25.1 Å². The van der Waals surface area contributed by atoms with Crippen molar-refractivity contribution in [2.45, 2.75) is 38.6 Å². The van der Waals surface area contributed by atoms with Crippen LogP contribution in [-0.4, -0.2) is 53.6 Å². The molecule has 1 aliphatic heterocycles. The molecule has 0 atom stereocenters. The summed E-state index contributed by atoms with van der Waals surface area (Å²) in [6, 6.07) is 8.22. The zero-order chi connectivity index (χ0) is 18.2. The highest BCUT2D eigenvalue weighted by Gasteiger charge is 2.09. The maximum Gasteiger partial charge on any atom is 0.191 e. The van der Waals surface area contributed by atoms with E-state index in [1.165, 1.54) is 45.3 Å². The number of rotatable bonds is 6. The molecular formula is C20H33IN6. The number of halogens is 1. The molecular weight excluding hydrogens is 451 g/mol. The summed E-state index contributed by atoms with van der Waals surface area (Å²) in [6.45, 7) is 5.31. The molecule has 0 radical (unpaired) electrons. The number of benzene rings is 1. The molecule has 0 unspecified atom stereocenters. The van der Waals surface area contributed by atoms with Crippen LogP contribution in [0.5, 0.6) is 0 Å². The monoisotopic (exact) mass is 484 g/mol. The second-order valence-corrected chi connectivity index (χ2v) is 7.04. The van der Waals surface area contributed by atoms with E-state index in [1.807, 2.05) is 19.2 Å². The normalized spacial score (nSPS) is 16.0. The molecule has 0 amide bonds. The van der Waals surface area contributed by atoms with Crippen LogP contribution in [0.1, 0.15) is 37.9 Å². The Morgan fingerprint density at radius 2 is 1.85 bits per heavy atom. The molecule has 3 rings (SSSR count). The molecule has 0 saturated carbocycles. The van der Waals surface area contributed by atoms with Crippen molar-refractivity contribution in [3.63, 3.8) is 0 Å². The number of para-hydroxylation sites is 2. The number of fused-ring (bicyclic) bond motifs is 1. The maximum atomic E-state index is 4.70. The first kappa shape index (κ1) is 21.9. The fourth-order valence-electron chi connectivity index (χ4n) is 3.61. The van der Waals surface area contributed by atoms with Crippen molar-refractivity contribution in [2.75, 3.05) is 33.2 Å². The lowest BCUT2D eigenvalue weighted by molar-refractivity contribution is 0.282. The largest absolute Gasteiger partial charge is 0.356 e. The lowest BCUT2D eigenvalue weighted by Gasteiger charge is -2.20. The highest BCUT2D eigenvalue weighted by atomic mass is 127. The fraction of sp³-hybridized carbons (Fsp3) is 0.600. The Bertz CT molecular complexity index is 718. The van der Waals surface area contributed by atoms with Crippen LogP contribution >= 0.6 is 24.0 Å². The third-order valence-electron chi connectivity index (χ3n) is 5.16. The number of guanidine groups is 1. The number of nitrogens with one attached hydrogen (secondary N) is 2. The Morgan fingerprint density at radius 3 is 2.56 bits per heavy atom. The summed E-state index contributed by atoms with van der Waals surface area (Å²) >= 11 is 0. The standard InChI is InChI=1S/C20H32N6.HI/c1-21-20(22-12-9-15-26-13-7-3-4-8-14-26)23-16-19-24-17-10-5-6-11-18(17)25(19)2;/h5-6,10-11H,3-4,7-9,12-16H2,1-2H3,(H2,21,22,23);1H. The molecule has 2 aromatic rings. The smallest absolute Gasteiger partial charge is 0.191 e. The third-order valence-corrected chi connectivity index (χ3v) is 5.16. The van der Waals surface area contributed by atoms with Crippen LogP contribution in [0, 0.1) is 0 Å². The van der Waals surface area contributed by atoms with Gasteiger partial charge in [-0.25, -0.2) is 4.98 Å². The van der Waals surface area contributed by atoms with Gasteiger partial charge in [0.1, 0.15) is 5.82 Å². The molecule has 0 aliphatic carbocycles. The first-order valence-corrected chi connectivity index (χ1v) is 9.85. The Morgan fingerprint density at radius 1 is 1.11 bits per heavy atom.